The predicted octanol–water partition coefficient (Wildman–Crippen LogP) is 3.11. The zero-order chi connectivity index (χ0) is 10.1. The summed E-state index contributed by atoms with van der Waals surface area (Å²) in [4.78, 5) is 2.45. The Balaban J connectivity index is 3.15. The first-order chi connectivity index (χ1) is 6.16. The van der Waals surface area contributed by atoms with Gasteiger partial charge in [0.2, 0.25) is 0 Å². The largest absolute Gasteiger partial charge is 0.306 e. The minimum absolute atomic E-state index is 0.839. The van der Waals surface area contributed by atoms with Gasteiger partial charge in [0.25, 0.3) is 0 Å². The van der Waals surface area contributed by atoms with Crippen LogP contribution in [0.25, 0.3) is 0 Å². The van der Waals surface area contributed by atoms with E-state index in [9.17, 15) is 0 Å². The molecule has 2 heteroatoms. The van der Waals surface area contributed by atoms with Gasteiger partial charge in [0.1, 0.15) is 0 Å². The van der Waals surface area contributed by atoms with Crippen LogP contribution in [-0.4, -0.2) is 36.5 Å². The highest BCUT2D eigenvalue weighted by atomic mass is 32.2. The van der Waals surface area contributed by atoms with Crippen LogP contribution in [0.15, 0.2) is 0 Å². The van der Waals surface area contributed by atoms with Crippen molar-refractivity contribution in [3.05, 3.63) is 0 Å². The lowest BCUT2D eigenvalue weighted by atomic mass is 10.1. The fourth-order valence-electron chi connectivity index (χ4n) is 1.06. The van der Waals surface area contributed by atoms with Gasteiger partial charge in [-0.3, -0.25) is 0 Å². The molecule has 0 aromatic carbocycles. The molecule has 0 rings (SSSR count). The summed E-state index contributed by atoms with van der Waals surface area (Å²) in [5.41, 5.74) is 0. The Labute approximate surface area is 88.3 Å². The van der Waals surface area contributed by atoms with Gasteiger partial charge in [0.15, 0.2) is 0 Å². The predicted molar refractivity (Wildman–Crippen MR) is 64.6 cm³/mol. The van der Waals surface area contributed by atoms with Gasteiger partial charge in [0.05, 0.1) is 0 Å². The van der Waals surface area contributed by atoms with Gasteiger partial charge in [-0.2, -0.15) is 11.8 Å². The zero-order valence-electron chi connectivity index (χ0n) is 9.68. The molecule has 0 aliphatic rings. The van der Waals surface area contributed by atoms with Crippen LogP contribution >= 0.6 is 11.8 Å². The summed E-state index contributed by atoms with van der Waals surface area (Å²) >= 11 is 2.07. The number of rotatable bonds is 8. The van der Waals surface area contributed by atoms with Gasteiger partial charge in [0, 0.05) is 12.3 Å². The van der Waals surface area contributed by atoms with Gasteiger partial charge in [-0.15, -0.1) is 0 Å². The Morgan fingerprint density at radius 2 is 1.85 bits per heavy atom. The summed E-state index contributed by atoms with van der Waals surface area (Å²) in [7, 11) is 2.23. The van der Waals surface area contributed by atoms with Gasteiger partial charge in [-0.05, 0) is 38.1 Å². The topological polar surface area (TPSA) is 3.24 Å². The number of hydrogen-bond acceptors (Lipinski definition) is 2. The molecule has 0 fully saturated rings. The van der Waals surface area contributed by atoms with E-state index in [2.05, 4.69) is 44.5 Å². The SMILES string of the molecule is CCCSCCN(C)CCC(C)C. The fraction of sp³-hybridized carbons (Fsp3) is 1.00. The zero-order valence-corrected chi connectivity index (χ0v) is 10.5. The normalized spacial score (nSPS) is 11.5. The van der Waals surface area contributed by atoms with Gasteiger partial charge in [-0.25, -0.2) is 0 Å². The highest BCUT2D eigenvalue weighted by Gasteiger charge is 1.99. The Hall–Kier alpha value is 0.310. The Morgan fingerprint density at radius 1 is 1.15 bits per heavy atom. The van der Waals surface area contributed by atoms with Crippen molar-refractivity contribution in [2.75, 3.05) is 31.6 Å². The highest BCUT2D eigenvalue weighted by molar-refractivity contribution is 7.99. The molecule has 1 nitrogen and oxygen atoms in total. The van der Waals surface area contributed by atoms with Gasteiger partial charge >= 0.3 is 0 Å². The number of hydrogen-bond donors (Lipinski definition) is 0. The maximum absolute atomic E-state index is 2.45. The fourth-order valence-corrected chi connectivity index (χ4v) is 1.99. The molecule has 0 aliphatic heterocycles. The average molecular weight is 203 g/mol. The molecule has 13 heavy (non-hydrogen) atoms. The van der Waals surface area contributed by atoms with Crippen LogP contribution in [0.3, 0.4) is 0 Å². The summed E-state index contributed by atoms with van der Waals surface area (Å²) in [5, 5.41) is 0. The second-order valence-electron chi connectivity index (χ2n) is 4.10. The molecule has 0 atom stereocenters. The molecule has 0 spiro atoms. The molecular weight excluding hydrogens is 178 g/mol. The van der Waals surface area contributed by atoms with Crippen molar-refractivity contribution in [2.45, 2.75) is 33.6 Å². The molecule has 0 saturated carbocycles. The summed E-state index contributed by atoms with van der Waals surface area (Å²) in [5.74, 6) is 3.45. The van der Waals surface area contributed by atoms with Crippen molar-refractivity contribution in [3.8, 4) is 0 Å². The van der Waals surface area contributed by atoms with E-state index in [0.29, 0.717) is 0 Å². The van der Waals surface area contributed by atoms with Crippen LogP contribution < -0.4 is 0 Å². The first-order valence-corrected chi connectivity index (χ1v) is 6.58. The van der Waals surface area contributed by atoms with E-state index in [4.69, 9.17) is 0 Å². The molecule has 0 saturated heterocycles. The van der Waals surface area contributed by atoms with Crippen LogP contribution in [0.2, 0.25) is 0 Å². The Kier molecular flexibility index (Phi) is 9.10. The van der Waals surface area contributed by atoms with E-state index < -0.39 is 0 Å². The van der Waals surface area contributed by atoms with Gasteiger partial charge in [-0.1, -0.05) is 20.8 Å². The lowest BCUT2D eigenvalue weighted by Crippen LogP contribution is -2.23. The smallest absolute Gasteiger partial charge is 0.00693 e. The van der Waals surface area contributed by atoms with Crippen molar-refractivity contribution in [1.82, 2.24) is 4.90 Å². The third kappa shape index (κ3) is 10.2. The first kappa shape index (κ1) is 13.3. The van der Waals surface area contributed by atoms with Crippen LogP contribution in [0.1, 0.15) is 33.6 Å². The van der Waals surface area contributed by atoms with E-state index in [1.165, 1.54) is 37.4 Å². The summed E-state index contributed by atoms with van der Waals surface area (Å²) < 4.78 is 0. The maximum Gasteiger partial charge on any atom is 0.00693 e. The highest BCUT2D eigenvalue weighted by Crippen LogP contribution is 2.04. The van der Waals surface area contributed by atoms with Crippen molar-refractivity contribution in [1.29, 1.82) is 0 Å². The monoisotopic (exact) mass is 203 g/mol. The van der Waals surface area contributed by atoms with Crippen molar-refractivity contribution in [2.24, 2.45) is 5.92 Å². The van der Waals surface area contributed by atoms with Gasteiger partial charge < -0.3 is 4.90 Å². The molecule has 0 aromatic rings. The molecule has 0 amide bonds. The number of thioether (sulfide) groups is 1. The summed E-state index contributed by atoms with van der Waals surface area (Å²) in [6, 6.07) is 0. The minimum Gasteiger partial charge on any atom is -0.306 e. The lowest BCUT2D eigenvalue weighted by molar-refractivity contribution is 0.328. The molecule has 0 bridgehead atoms. The molecule has 0 radical (unpaired) electrons. The maximum atomic E-state index is 2.45. The third-order valence-corrected chi connectivity index (χ3v) is 3.22. The molecule has 0 unspecified atom stereocenters. The summed E-state index contributed by atoms with van der Waals surface area (Å²) in [6.07, 6.45) is 2.63. The number of nitrogens with zero attached hydrogens (tertiary/aromatic N) is 1. The van der Waals surface area contributed by atoms with E-state index in [0.717, 1.165) is 5.92 Å². The van der Waals surface area contributed by atoms with Crippen LogP contribution in [0.4, 0.5) is 0 Å². The third-order valence-electron chi connectivity index (χ3n) is 2.05. The van der Waals surface area contributed by atoms with E-state index >= 15 is 0 Å². The van der Waals surface area contributed by atoms with Crippen LogP contribution in [-0.2, 0) is 0 Å². The quantitative estimate of drug-likeness (QED) is 0.558. The van der Waals surface area contributed by atoms with Crippen LogP contribution in [0, 0.1) is 5.92 Å². The Morgan fingerprint density at radius 3 is 2.38 bits per heavy atom. The molecule has 0 aliphatic carbocycles. The summed E-state index contributed by atoms with van der Waals surface area (Å²) in [6.45, 7) is 9.33. The standard InChI is InChI=1S/C11H25NS/c1-5-9-13-10-8-12(4)7-6-11(2)3/h11H,5-10H2,1-4H3. The van der Waals surface area contributed by atoms with E-state index in [1.54, 1.807) is 0 Å². The minimum atomic E-state index is 0.839. The first-order valence-electron chi connectivity index (χ1n) is 5.43. The molecule has 0 aromatic heterocycles. The lowest BCUT2D eigenvalue weighted by Gasteiger charge is -2.17. The molecule has 0 N–H and O–H groups in total. The second-order valence-corrected chi connectivity index (χ2v) is 5.32. The van der Waals surface area contributed by atoms with E-state index in [-0.39, 0.29) is 0 Å². The van der Waals surface area contributed by atoms with Crippen molar-refractivity contribution >= 4 is 11.8 Å². The molecule has 80 valence electrons. The van der Waals surface area contributed by atoms with Crippen molar-refractivity contribution in [3.63, 3.8) is 0 Å². The average Bonchev–Trinajstić information content (AvgIpc) is 2.09. The Bertz CT molecular complexity index is 104. The second kappa shape index (κ2) is 8.89. The molecular formula is C11H25NS. The molecule has 0 heterocycles. The van der Waals surface area contributed by atoms with Crippen LogP contribution in [0.5, 0.6) is 0 Å². The van der Waals surface area contributed by atoms with Crippen molar-refractivity contribution < 1.29 is 0 Å². The van der Waals surface area contributed by atoms with E-state index in [1.807, 2.05) is 0 Å².